The van der Waals surface area contributed by atoms with Crippen molar-refractivity contribution in [1.29, 1.82) is 0 Å². The van der Waals surface area contributed by atoms with Gasteiger partial charge in [0.25, 0.3) is 5.91 Å². The number of aryl methyl sites for hydroxylation is 1. The quantitative estimate of drug-likeness (QED) is 0.522. The van der Waals surface area contributed by atoms with E-state index in [0.29, 0.717) is 33.9 Å². The summed E-state index contributed by atoms with van der Waals surface area (Å²) >= 11 is 0. The van der Waals surface area contributed by atoms with Gasteiger partial charge in [-0.15, -0.1) is 0 Å². The SMILES string of the molecule is CCOC(=O)c1cnn(-c2ccc(C(=O)Nc3ccc(OCC(=O)OC)cc3C)cc2)c1C. The van der Waals surface area contributed by atoms with E-state index < -0.39 is 11.9 Å². The number of rotatable bonds is 8. The van der Waals surface area contributed by atoms with Crippen molar-refractivity contribution in [3.05, 3.63) is 71.0 Å². The van der Waals surface area contributed by atoms with Gasteiger partial charge in [-0.25, -0.2) is 14.3 Å². The normalized spacial score (nSPS) is 10.4. The van der Waals surface area contributed by atoms with Crippen LogP contribution < -0.4 is 10.1 Å². The van der Waals surface area contributed by atoms with Crippen molar-refractivity contribution in [2.75, 3.05) is 25.6 Å². The fourth-order valence-electron chi connectivity index (χ4n) is 3.10. The molecule has 0 saturated heterocycles. The third kappa shape index (κ3) is 5.57. The number of amides is 1. The van der Waals surface area contributed by atoms with E-state index in [-0.39, 0.29) is 19.1 Å². The van der Waals surface area contributed by atoms with Crippen molar-refractivity contribution >= 4 is 23.5 Å². The summed E-state index contributed by atoms with van der Waals surface area (Å²) in [6.45, 7) is 5.45. The van der Waals surface area contributed by atoms with Crippen LogP contribution in [0.15, 0.2) is 48.7 Å². The van der Waals surface area contributed by atoms with Crippen molar-refractivity contribution in [3.8, 4) is 11.4 Å². The molecular formula is C24H25N3O6. The number of anilines is 1. The standard InChI is InChI=1S/C24H25N3O6/c1-5-32-24(30)20-13-25-27(16(20)3)18-8-6-17(7-9-18)23(29)26-21-11-10-19(12-15(21)2)33-14-22(28)31-4/h6-13H,5,14H2,1-4H3,(H,26,29). The van der Waals surface area contributed by atoms with E-state index in [2.05, 4.69) is 15.2 Å². The summed E-state index contributed by atoms with van der Waals surface area (Å²) in [5.74, 6) is -0.681. The molecule has 0 aliphatic carbocycles. The van der Waals surface area contributed by atoms with Gasteiger partial charge >= 0.3 is 11.9 Å². The average Bonchev–Trinajstić information content (AvgIpc) is 3.20. The Balaban J connectivity index is 1.69. The van der Waals surface area contributed by atoms with Crippen molar-refractivity contribution < 1.29 is 28.6 Å². The molecule has 9 nitrogen and oxygen atoms in total. The average molecular weight is 451 g/mol. The molecule has 0 fully saturated rings. The lowest BCUT2D eigenvalue weighted by Gasteiger charge is -2.11. The molecule has 33 heavy (non-hydrogen) atoms. The zero-order valence-corrected chi connectivity index (χ0v) is 18.9. The number of nitrogens with one attached hydrogen (secondary N) is 1. The Morgan fingerprint density at radius 3 is 2.42 bits per heavy atom. The van der Waals surface area contributed by atoms with Crippen LogP contribution >= 0.6 is 0 Å². The van der Waals surface area contributed by atoms with Gasteiger partial charge in [0.1, 0.15) is 11.3 Å². The Hall–Kier alpha value is -4.14. The molecule has 0 unspecified atom stereocenters. The second-order valence-corrected chi connectivity index (χ2v) is 7.12. The van der Waals surface area contributed by atoms with Crippen molar-refractivity contribution in [1.82, 2.24) is 9.78 Å². The Morgan fingerprint density at radius 2 is 1.79 bits per heavy atom. The van der Waals surface area contributed by atoms with Gasteiger partial charge in [-0.3, -0.25) is 4.79 Å². The maximum absolute atomic E-state index is 12.7. The van der Waals surface area contributed by atoms with Gasteiger partial charge in [0.05, 0.1) is 31.3 Å². The monoisotopic (exact) mass is 451 g/mol. The highest BCUT2D eigenvalue weighted by molar-refractivity contribution is 6.04. The first-order valence-corrected chi connectivity index (χ1v) is 10.3. The van der Waals surface area contributed by atoms with Gasteiger partial charge in [0.15, 0.2) is 6.61 Å². The molecule has 0 radical (unpaired) electrons. The maximum Gasteiger partial charge on any atom is 0.343 e. The molecule has 3 aromatic rings. The van der Waals surface area contributed by atoms with Gasteiger partial charge in [0, 0.05) is 11.3 Å². The summed E-state index contributed by atoms with van der Waals surface area (Å²) in [4.78, 5) is 35.9. The van der Waals surface area contributed by atoms with E-state index in [4.69, 9.17) is 9.47 Å². The van der Waals surface area contributed by atoms with Crippen LogP contribution in [0.5, 0.6) is 5.75 Å². The Kier molecular flexibility index (Phi) is 7.45. The molecule has 2 aromatic carbocycles. The second kappa shape index (κ2) is 10.4. The summed E-state index contributed by atoms with van der Waals surface area (Å²) in [5.41, 5.74) is 3.61. The molecule has 0 aliphatic rings. The molecule has 3 rings (SSSR count). The highest BCUT2D eigenvalue weighted by Crippen LogP contribution is 2.22. The highest BCUT2D eigenvalue weighted by atomic mass is 16.6. The van der Waals surface area contributed by atoms with E-state index in [9.17, 15) is 14.4 Å². The zero-order valence-electron chi connectivity index (χ0n) is 18.9. The van der Waals surface area contributed by atoms with Crippen LogP contribution in [0.3, 0.4) is 0 Å². The summed E-state index contributed by atoms with van der Waals surface area (Å²) in [6, 6.07) is 12.0. The number of carbonyl (C=O) groups excluding carboxylic acids is 3. The molecular weight excluding hydrogens is 426 g/mol. The molecule has 0 atom stereocenters. The number of methoxy groups -OCH3 is 1. The van der Waals surface area contributed by atoms with Gasteiger partial charge in [-0.1, -0.05) is 0 Å². The van der Waals surface area contributed by atoms with E-state index in [1.165, 1.54) is 13.3 Å². The number of hydrogen-bond donors (Lipinski definition) is 1. The number of carbonyl (C=O) groups is 3. The van der Waals surface area contributed by atoms with Crippen molar-refractivity contribution in [2.45, 2.75) is 20.8 Å². The third-order valence-electron chi connectivity index (χ3n) is 4.91. The number of ether oxygens (including phenoxy) is 3. The number of nitrogens with zero attached hydrogens (tertiary/aromatic N) is 2. The van der Waals surface area contributed by atoms with Crippen LogP contribution in [0.4, 0.5) is 5.69 Å². The fourth-order valence-corrected chi connectivity index (χ4v) is 3.10. The molecule has 0 aliphatic heterocycles. The zero-order chi connectivity index (χ0) is 24.0. The van der Waals surface area contributed by atoms with Crippen LogP contribution in [0, 0.1) is 13.8 Å². The van der Waals surface area contributed by atoms with Gasteiger partial charge in [-0.2, -0.15) is 5.10 Å². The molecule has 9 heteroatoms. The minimum absolute atomic E-state index is 0.189. The lowest BCUT2D eigenvalue weighted by atomic mass is 10.1. The van der Waals surface area contributed by atoms with Crippen LogP contribution in [0.1, 0.15) is 38.9 Å². The third-order valence-corrected chi connectivity index (χ3v) is 4.91. The molecule has 172 valence electrons. The topological polar surface area (TPSA) is 109 Å². The minimum atomic E-state index is -0.476. The summed E-state index contributed by atoms with van der Waals surface area (Å²) in [6.07, 6.45) is 1.47. The molecule has 1 heterocycles. The lowest BCUT2D eigenvalue weighted by Crippen LogP contribution is -2.14. The number of hydrogen-bond acceptors (Lipinski definition) is 7. The maximum atomic E-state index is 12.7. The first-order chi connectivity index (χ1) is 15.8. The molecule has 1 amide bonds. The first-order valence-electron chi connectivity index (χ1n) is 10.3. The molecule has 0 saturated carbocycles. The Morgan fingerprint density at radius 1 is 1.06 bits per heavy atom. The summed E-state index contributed by atoms with van der Waals surface area (Å²) in [5, 5.41) is 7.12. The van der Waals surface area contributed by atoms with Gasteiger partial charge in [-0.05, 0) is 68.8 Å². The van der Waals surface area contributed by atoms with E-state index in [1.807, 2.05) is 6.92 Å². The van der Waals surface area contributed by atoms with Crippen LogP contribution in [0.25, 0.3) is 5.69 Å². The van der Waals surface area contributed by atoms with E-state index in [1.54, 1.807) is 61.0 Å². The van der Waals surface area contributed by atoms with E-state index in [0.717, 1.165) is 5.56 Å². The van der Waals surface area contributed by atoms with Crippen molar-refractivity contribution in [3.63, 3.8) is 0 Å². The van der Waals surface area contributed by atoms with Gasteiger partial charge in [0.2, 0.25) is 0 Å². The minimum Gasteiger partial charge on any atom is -0.482 e. The number of esters is 2. The molecule has 0 spiro atoms. The first kappa shape index (κ1) is 23.5. The second-order valence-electron chi connectivity index (χ2n) is 7.12. The molecule has 0 bridgehead atoms. The number of aromatic nitrogens is 2. The summed E-state index contributed by atoms with van der Waals surface area (Å²) < 4.78 is 16.6. The largest absolute Gasteiger partial charge is 0.482 e. The Labute approximate surface area is 191 Å². The smallest absolute Gasteiger partial charge is 0.343 e. The van der Waals surface area contributed by atoms with Crippen molar-refractivity contribution in [2.24, 2.45) is 0 Å². The van der Waals surface area contributed by atoms with Crippen LogP contribution in [-0.2, 0) is 14.3 Å². The van der Waals surface area contributed by atoms with Gasteiger partial charge < -0.3 is 19.5 Å². The predicted molar refractivity (Wildman–Crippen MR) is 121 cm³/mol. The molecule has 1 N–H and O–H groups in total. The van der Waals surface area contributed by atoms with Crippen LogP contribution in [-0.4, -0.2) is 47.9 Å². The van der Waals surface area contributed by atoms with Crippen LogP contribution in [0.2, 0.25) is 0 Å². The highest BCUT2D eigenvalue weighted by Gasteiger charge is 2.16. The Bertz CT molecular complexity index is 1170. The van der Waals surface area contributed by atoms with E-state index >= 15 is 0 Å². The number of benzene rings is 2. The fraction of sp³-hybridized carbons (Fsp3) is 0.250. The lowest BCUT2D eigenvalue weighted by molar-refractivity contribution is -0.142. The predicted octanol–water partition coefficient (Wildman–Crippen LogP) is 3.47. The summed E-state index contributed by atoms with van der Waals surface area (Å²) in [7, 11) is 1.29. The molecule has 1 aromatic heterocycles.